The molecule has 192 valence electrons. The number of methoxy groups -OCH3 is 1. The number of carbonyl (C=O) groups is 3. The van der Waals surface area contributed by atoms with Gasteiger partial charge in [0.25, 0.3) is 11.8 Å². The second-order valence-corrected chi connectivity index (χ2v) is 9.57. The van der Waals surface area contributed by atoms with Crippen LogP contribution in [0.2, 0.25) is 0 Å². The van der Waals surface area contributed by atoms with Gasteiger partial charge in [0.05, 0.1) is 36.8 Å². The molecule has 3 aromatic carbocycles. The Hall–Kier alpha value is -3.71. The molecular formula is C30H31NO6. The lowest BCUT2D eigenvalue weighted by Gasteiger charge is -2.29. The maximum atomic E-state index is 13.5. The van der Waals surface area contributed by atoms with Gasteiger partial charge >= 0.3 is 5.97 Å². The van der Waals surface area contributed by atoms with Gasteiger partial charge in [0.1, 0.15) is 11.9 Å². The third kappa shape index (κ3) is 5.09. The SMILES string of the molecule is CCOC1CCCC(Oc2ccc(C(CC(=O)OC)N3C(=O)c4cc5ccccc5cc4C3=O)cc2)C1. The number of hydrogen-bond acceptors (Lipinski definition) is 6. The lowest BCUT2D eigenvalue weighted by atomic mass is 9.94. The van der Waals surface area contributed by atoms with E-state index in [1.54, 1.807) is 12.1 Å². The molecule has 7 nitrogen and oxygen atoms in total. The van der Waals surface area contributed by atoms with E-state index in [0.717, 1.165) is 36.5 Å². The van der Waals surface area contributed by atoms with E-state index in [4.69, 9.17) is 14.2 Å². The quantitative estimate of drug-likeness (QED) is 0.301. The van der Waals surface area contributed by atoms with E-state index in [-0.39, 0.29) is 18.6 Å². The van der Waals surface area contributed by atoms with E-state index in [1.165, 1.54) is 12.0 Å². The molecule has 0 bridgehead atoms. The molecule has 0 saturated heterocycles. The van der Waals surface area contributed by atoms with E-state index in [1.807, 2.05) is 55.5 Å². The number of esters is 1. The Bertz CT molecular complexity index is 1260. The Balaban J connectivity index is 1.40. The summed E-state index contributed by atoms with van der Waals surface area (Å²) >= 11 is 0. The van der Waals surface area contributed by atoms with Crippen LogP contribution in [0.1, 0.15) is 71.3 Å². The van der Waals surface area contributed by atoms with Crippen molar-refractivity contribution in [2.24, 2.45) is 0 Å². The Kier molecular flexibility index (Phi) is 7.24. The predicted octanol–water partition coefficient (Wildman–Crippen LogP) is 5.47. The summed E-state index contributed by atoms with van der Waals surface area (Å²) < 4.78 is 16.9. The number of nitrogens with zero attached hydrogens (tertiary/aromatic N) is 1. The molecule has 0 spiro atoms. The van der Waals surface area contributed by atoms with Crippen LogP contribution in [0.4, 0.5) is 0 Å². The number of carbonyl (C=O) groups excluding carboxylic acids is 3. The first kappa shape index (κ1) is 25.0. The maximum Gasteiger partial charge on any atom is 0.307 e. The van der Waals surface area contributed by atoms with Gasteiger partial charge in [0.2, 0.25) is 0 Å². The fourth-order valence-electron chi connectivity index (χ4n) is 5.39. The van der Waals surface area contributed by atoms with Gasteiger partial charge in [-0.05, 0) is 66.8 Å². The van der Waals surface area contributed by atoms with E-state index in [9.17, 15) is 14.4 Å². The second-order valence-electron chi connectivity index (χ2n) is 9.57. The van der Waals surface area contributed by atoms with Crippen LogP contribution in [0, 0.1) is 0 Å². The summed E-state index contributed by atoms with van der Waals surface area (Å²) in [5.74, 6) is -0.624. The minimum atomic E-state index is -0.797. The average molecular weight is 502 g/mol. The van der Waals surface area contributed by atoms with Crippen molar-refractivity contribution in [1.82, 2.24) is 4.90 Å². The van der Waals surface area contributed by atoms with Gasteiger partial charge in [-0.3, -0.25) is 19.3 Å². The fourth-order valence-corrected chi connectivity index (χ4v) is 5.39. The van der Waals surface area contributed by atoms with Crippen molar-refractivity contribution in [3.63, 3.8) is 0 Å². The van der Waals surface area contributed by atoms with Crippen molar-refractivity contribution in [3.05, 3.63) is 77.4 Å². The van der Waals surface area contributed by atoms with Gasteiger partial charge in [-0.25, -0.2) is 0 Å². The zero-order chi connectivity index (χ0) is 25.9. The molecule has 0 aromatic heterocycles. The Labute approximate surface area is 216 Å². The predicted molar refractivity (Wildman–Crippen MR) is 139 cm³/mol. The first-order chi connectivity index (χ1) is 18.0. The number of ether oxygens (including phenoxy) is 3. The third-order valence-corrected chi connectivity index (χ3v) is 7.23. The summed E-state index contributed by atoms with van der Waals surface area (Å²) in [5.41, 5.74) is 1.35. The highest BCUT2D eigenvalue weighted by atomic mass is 16.5. The minimum Gasteiger partial charge on any atom is -0.490 e. The Morgan fingerprint density at radius 3 is 2.16 bits per heavy atom. The van der Waals surface area contributed by atoms with E-state index >= 15 is 0 Å². The minimum absolute atomic E-state index is 0.0763. The van der Waals surface area contributed by atoms with Crippen molar-refractivity contribution in [3.8, 4) is 5.75 Å². The molecule has 0 radical (unpaired) electrons. The standard InChI is InChI=1S/C30H31NO6/c1-3-36-23-9-6-10-24(17-23)37-22-13-11-19(12-14-22)27(18-28(32)35-2)31-29(33)25-15-20-7-4-5-8-21(20)16-26(25)30(31)34/h4-5,7-8,11-16,23-24,27H,3,6,9-10,17-18H2,1-2H3. The van der Waals surface area contributed by atoms with Crippen LogP contribution in [-0.2, 0) is 14.3 Å². The van der Waals surface area contributed by atoms with Crippen LogP contribution >= 0.6 is 0 Å². The molecule has 1 aliphatic carbocycles. The zero-order valence-electron chi connectivity index (χ0n) is 21.1. The number of rotatable bonds is 8. The van der Waals surface area contributed by atoms with E-state index in [0.29, 0.717) is 29.0 Å². The van der Waals surface area contributed by atoms with Crippen molar-refractivity contribution >= 4 is 28.6 Å². The van der Waals surface area contributed by atoms with Gasteiger partial charge in [0.15, 0.2) is 0 Å². The van der Waals surface area contributed by atoms with Crippen LogP contribution in [0.5, 0.6) is 5.75 Å². The molecule has 1 heterocycles. The summed E-state index contributed by atoms with van der Waals surface area (Å²) in [7, 11) is 1.30. The van der Waals surface area contributed by atoms with Crippen LogP contribution in [0.15, 0.2) is 60.7 Å². The van der Waals surface area contributed by atoms with Crippen LogP contribution in [0.25, 0.3) is 10.8 Å². The Morgan fingerprint density at radius 2 is 1.57 bits per heavy atom. The maximum absolute atomic E-state index is 13.5. The second kappa shape index (κ2) is 10.7. The lowest BCUT2D eigenvalue weighted by molar-refractivity contribution is -0.141. The summed E-state index contributed by atoms with van der Waals surface area (Å²) in [5, 5.41) is 1.76. The number of hydrogen-bond donors (Lipinski definition) is 0. The topological polar surface area (TPSA) is 82.1 Å². The van der Waals surface area contributed by atoms with Crippen molar-refractivity contribution in [2.75, 3.05) is 13.7 Å². The molecule has 2 amide bonds. The first-order valence-electron chi connectivity index (χ1n) is 12.8. The lowest BCUT2D eigenvalue weighted by Crippen LogP contribution is -2.35. The molecule has 0 N–H and O–H groups in total. The van der Waals surface area contributed by atoms with Gasteiger partial charge < -0.3 is 14.2 Å². The zero-order valence-corrected chi connectivity index (χ0v) is 21.1. The average Bonchev–Trinajstić information content (AvgIpc) is 3.15. The molecule has 3 aromatic rings. The normalized spacial score (nSPS) is 20.1. The number of fused-ring (bicyclic) bond motifs is 2. The van der Waals surface area contributed by atoms with E-state index in [2.05, 4.69) is 0 Å². The highest BCUT2D eigenvalue weighted by molar-refractivity contribution is 6.23. The molecule has 3 unspecified atom stereocenters. The van der Waals surface area contributed by atoms with Crippen molar-refractivity contribution in [1.29, 1.82) is 0 Å². The smallest absolute Gasteiger partial charge is 0.307 e. The number of amides is 2. The Morgan fingerprint density at radius 1 is 0.946 bits per heavy atom. The number of imide groups is 1. The van der Waals surface area contributed by atoms with Gasteiger partial charge in [-0.15, -0.1) is 0 Å². The van der Waals surface area contributed by atoms with Crippen LogP contribution < -0.4 is 4.74 Å². The van der Waals surface area contributed by atoms with Gasteiger partial charge in [-0.2, -0.15) is 0 Å². The van der Waals surface area contributed by atoms with Crippen molar-refractivity contribution < 1.29 is 28.6 Å². The van der Waals surface area contributed by atoms with Crippen LogP contribution in [0.3, 0.4) is 0 Å². The molecular weight excluding hydrogens is 470 g/mol. The molecule has 1 aliphatic heterocycles. The highest BCUT2D eigenvalue weighted by Crippen LogP contribution is 2.36. The summed E-state index contributed by atoms with van der Waals surface area (Å²) in [4.78, 5) is 40.5. The molecule has 1 fully saturated rings. The molecule has 1 saturated carbocycles. The molecule has 3 atom stereocenters. The molecule has 2 aliphatic rings. The molecule has 37 heavy (non-hydrogen) atoms. The van der Waals surface area contributed by atoms with Crippen LogP contribution in [-0.4, -0.2) is 48.6 Å². The van der Waals surface area contributed by atoms with Crippen molar-refractivity contribution in [2.45, 2.75) is 57.3 Å². The van der Waals surface area contributed by atoms with E-state index < -0.39 is 23.8 Å². The summed E-state index contributed by atoms with van der Waals surface area (Å²) in [6, 6.07) is 17.6. The fraction of sp³-hybridized carbons (Fsp3) is 0.367. The molecule has 7 heteroatoms. The number of benzene rings is 3. The third-order valence-electron chi connectivity index (χ3n) is 7.23. The van der Waals surface area contributed by atoms with Gasteiger partial charge in [0, 0.05) is 13.0 Å². The summed E-state index contributed by atoms with van der Waals surface area (Å²) in [6.45, 7) is 2.70. The first-order valence-corrected chi connectivity index (χ1v) is 12.8. The monoisotopic (exact) mass is 501 g/mol. The summed E-state index contributed by atoms with van der Waals surface area (Å²) in [6.07, 6.45) is 4.09. The molecule has 5 rings (SSSR count). The largest absolute Gasteiger partial charge is 0.490 e. The van der Waals surface area contributed by atoms with Gasteiger partial charge in [-0.1, -0.05) is 36.4 Å². The highest BCUT2D eigenvalue weighted by Gasteiger charge is 2.41.